The number of nitrogen functional groups attached to an aromatic ring is 1. The fourth-order valence-corrected chi connectivity index (χ4v) is 2.59. The lowest BCUT2D eigenvalue weighted by Crippen LogP contribution is -2.04. The average molecular weight is 227 g/mol. The third-order valence-corrected chi connectivity index (χ3v) is 3.15. The van der Waals surface area contributed by atoms with E-state index in [9.17, 15) is 9.59 Å². The number of carbonyl (C=O) groups is 2. The Kier molecular flexibility index (Phi) is 3.47. The zero-order chi connectivity index (χ0) is 11.6. The first kappa shape index (κ1) is 11.7. The Morgan fingerprint density at radius 1 is 1.47 bits per heavy atom. The van der Waals surface area contributed by atoms with Crippen molar-refractivity contribution in [1.82, 2.24) is 0 Å². The molecule has 0 aliphatic carbocycles. The van der Waals surface area contributed by atoms with E-state index in [0.717, 1.165) is 11.3 Å². The van der Waals surface area contributed by atoms with Crippen molar-refractivity contribution in [1.29, 1.82) is 0 Å². The minimum Gasteiger partial charge on any atom is -0.465 e. The number of Topliss-reactive ketones (excluding diaryl/α,β-unsaturated/α-hetero) is 1. The van der Waals surface area contributed by atoms with E-state index >= 15 is 0 Å². The van der Waals surface area contributed by atoms with Gasteiger partial charge in [-0.1, -0.05) is 6.92 Å². The molecule has 1 aromatic heterocycles. The van der Waals surface area contributed by atoms with Gasteiger partial charge >= 0.3 is 5.97 Å². The second-order valence-electron chi connectivity index (χ2n) is 3.05. The molecule has 0 aliphatic rings. The average Bonchev–Trinajstić information content (AvgIpc) is 2.53. The molecule has 2 N–H and O–H groups in total. The number of ketones is 1. The number of carbonyl (C=O) groups excluding carboxylic acids is 2. The van der Waals surface area contributed by atoms with Crippen LogP contribution in [0, 0.1) is 0 Å². The third-order valence-electron chi connectivity index (χ3n) is 2.11. The maximum Gasteiger partial charge on any atom is 0.348 e. The highest BCUT2D eigenvalue weighted by Crippen LogP contribution is 2.32. The number of nitrogens with two attached hydrogens (primary N) is 1. The minimum absolute atomic E-state index is 0.115. The molecule has 0 saturated heterocycles. The smallest absolute Gasteiger partial charge is 0.348 e. The summed E-state index contributed by atoms with van der Waals surface area (Å²) in [5.41, 5.74) is 6.85. The van der Waals surface area contributed by atoms with E-state index in [1.165, 1.54) is 14.0 Å². The summed E-state index contributed by atoms with van der Waals surface area (Å²) in [5, 5.41) is 0.389. The molecular weight excluding hydrogens is 214 g/mol. The van der Waals surface area contributed by atoms with Crippen LogP contribution in [0.4, 0.5) is 5.00 Å². The van der Waals surface area contributed by atoms with E-state index in [0.29, 0.717) is 27.4 Å². The maximum atomic E-state index is 11.4. The monoisotopic (exact) mass is 227 g/mol. The highest BCUT2D eigenvalue weighted by Gasteiger charge is 2.22. The van der Waals surface area contributed by atoms with Gasteiger partial charge in [-0.25, -0.2) is 4.79 Å². The highest BCUT2D eigenvalue weighted by atomic mass is 32.1. The summed E-state index contributed by atoms with van der Waals surface area (Å²) in [6.07, 6.45) is 0.590. The first-order valence-corrected chi connectivity index (χ1v) is 5.34. The fraction of sp³-hybridized carbons (Fsp3) is 0.400. The normalized spacial score (nSPS) is 10.1. The fourth-order valence-electron chi connectivity index (χ4n) is 1.47. The Balaban J connectivity index is 3.37. The lowest BCUT2D eigenvalue weighted by Gasteiger charge is -2.00. The van der Waals surface area contributed by atoms with Crippen LogP contribution in [-0.4, -0.2) is 18.9 Å². The van der Waals surface area contributed by atoms with Crippen LogP contribution >= 0.6 is 11.3 Å². The molecule has 0 aliphatic heterocycles. The van der Waals surface area contributed by atoms with E-state index in [4.69, 9.17) is 5.73 Å². The second-order valence-corrected chi connectivity index (χ2v) is 4.10. The Morgan fingerprint density at radius 3 is 2.47 bits per heavy atom. The number of esters is 1. The molecule has 0 fully saturated rings. The number of hydrogen-bond acceptors (Lipinski definition) is 5. The summed E-state index contributed by atoms with van der Waals surface area (Å²) < 4.78 is 4.63. The second kappa shape index (κ2) is 4.44. The number of thiophene rings is 1. The standard InChI is InChI=1S/C10H13NO3S/c1-4-6-7(5(2)12)9(11)15-8(6)10(13)14-3/h4,11H2,1-3H3. The van der Waals surface area contributed by atoms with E-state index < -0.39 is 5.97 Å². The third kappa shape index (κ3) is 2.02. The van der Waals surface area contributed by atoms with Gasteiger partial charge in [0.25, 0.3) is 0 Å². The molecule has 0 atom stereocenters. The van der Waals surface area contributed by atoms with Crippen molar-refractivity contribution < 1.29 is 14.3 Å². The van der Waals surface area contributed by atoms with Gasteiger partial charge in [-0.05, 0) is 18.9 Å². The van der Waals surface area contributed by atoms with Gasteiger partial charge in [0.15, 0.2) is 5.78 Å². The minimum atomic E-state index is -0.434. The first-order valence-electron chi connectivity index (χ1n) is 4.53. The van der Waals surface area contributed by atoms with Gasteiger partial charge in [-0.15, -0.1) is 11.3 Å². The van der Waals surface area contributed by atoms with Gasteiger partial charge in [-0.2, -0.15) is 0 Å². The van der Waals surface area contributed by atoms with Gasteiger partial charge < -0.3 is 10.5 Å². The molecule has 0 aromatic carbocycles. The van der Waals surface area contributed by atoms with Crippen LogP contribution in [-0.2, 0) is 11.2 Å². The largest absolute Gasteiger partial charge is 0.465 e. The van der Waals surface area contributed by atoms with Crippen LogP contribution in [0.25, 0.3) is 0 Å². The van der Waals surface area contributed by atoms with Crippen molar-refractivity contribution in [2.24, 2.45) is 0 Å². The molecular formula is C10H13NO3S. The van der Waals surface area contributed by atoms with Crippen LogP contribution in [0.15, 0.2) is 0 Å². The van der Waals surface area contributed by atoms with Gasteiger partial charge in [-0.3, -0.25) is 4.79 Å². The number of rotatable bonds is 3. The van der Waals surface area contributed by atoms with E-state index in [2.05, 4.69) is 4.74 Å². The van der Waals surface area contributed by atoms with Gasteiger partial charge in [0.2, 0.25) is 0 Å². The molecule has 5 heteroatoms. The van der Waals surface area contributed by atoms with E-state index in [1.54, 1.807) is 0 Å². The molecule has 15 heavy (non-hydrogen) atoms. The predicted molar refractivity (Wildman–Crippen MR) is 59.5 cm³/mol. The quantitative estimate of drug-likeness (QED) is 0.632. The zero-order valence-corrected chi connectivity index (χ0v) is 9.73. The Labute approximate surface area is 92.0 Å². The van der Waals surface area contributed by atoms with Crippen LogP contribution in [0.1, 0.15) is 39.4 Å². The van der Waals surface area contributed by atoms with Crippen molar-refractivity contribution in [2.45, 2.75) is 20.3 Å². The summed E-state index contributed by atoms with van der Waals surface area (Å²) in [5.74, 6) is -0.549. The molecule has 82 valence electrons. The maximum absolute atomic E-state index is 11.4. The number of methoxy groups -OCH3 is 1. The molecule has 0 spiro atoms. The van der Waals surface area contributed by atoms with E-state index in [1.807, 2.05) is 6.92 Å². The molecule has 1 heterocycles. The molecule has 1 rings (SSSR count). The van der Waals surface area contributed by atoms with Gasteiger partial charge in [0, 0.05) is 0 Å². The number of hydrogen-bond donors (Lipinski definition) is 1. The lowest BCUT2D eigenvalue weighted by atomic mass is 10.0. The van der Waals surface area contributed by atoms with Gasteiger partial charge in [0.05, 0.1) is 17.7 Å². The van der Waals surface area contributed by atoms with Crippen molar-refractivity contribution in [2.75, 3.05) is 12.8 Å². The molecule has 1 aromatic rings. The topological polar surface area (TPSA) is 69.4 Å². The highest BCUT2D eigenvalue weighted by molar-refractivity contribution is 7.18. The summed E-state index contributed by atoms with van der Waals surface area (Å²) in [4.78, 5) is 23.2. The molecule has 0 radical (unpaired) electrons. The van der Waals surface area contributed by atoms with Crippen molar-refractivity contribution in [3.05, 3.63) is 16.0 Å². The van der Waals surface area contributed by atoms with Crippen molar-refractivity contribution in [3.63, 3.8) is 0 Å². The summed E-state index contributed by atoms with van der Waals surface area (Å²) >= 11 is 1.11. The summed E-state index contributed by atoms with van der Waals surface area (Å²) in [6.45, 7) is 3.32. The Bertz CT molecular complexity index is 409. The number of anilines is 1. The Morgan fingerprint density at radius 2 is 2.07 bits per heavy atom. The molecule has 0 unspecified atom stereocenters. The molecule has 0 saturated carbocycles. The van der Waals surface area contributed by atoms with Crippen molar-refractivity contribution in [3.8, 4) is 0 Å². The number of ether oxygens (including phenoxy) is 1. The summed E-state index contributed by atoms with van der Waals surface area (Å²) in [6, 6.07) is 0. The SMILES string of the molecule is CCc1c(C(=O)OC)sc(N)c1C(C)=O. The summed E-state index contributed by atoms with van der Waals surface area (Å²) in [7, 11) is 1.31. The van der Waals surface area contributed by atoms with Crippen molar-refractivity contribution >= 4 is 28.1 Å². The van der Waals surface area contributed by atoms with E-state index in [-0.39, 0.29) is 5.78 Å². The molecule has 0 amide bonds. The first-order chi connectivity index (χ1) is 7.02. The molecule has 4 nitrogen and oxygen atoms in total. The van der Waals surface area contributed by atoms with Gasteiger partial charge in [0.1, 0.15) is 4.88 Å². The van der Waals surface area contributed by atoms with Crippen LogP contribution < -0.4 is 5.73 Å². The molecule has 0 bridgehead atoms. The zero-order valence-electron chi connectivity index (χ0n) is 8.92. The van der Waals surface area contributed by atoms with Crippen LogP contribution in [0.3, 0.4) is 0 Å². The Hall–Kier alpha value is -1.36. The van der Waals surface area contributed by atoms with Crippen LogP contribution in [0.5, 0.6) is 0 Å². The lowest BCUT2D eigenvalue weighted by molar-refractivity contribution is 0.0605. The van der Waals surface area contributed by atoms with Crippen LogP contribution in [0.2, 0.25) is 0 Å². The predicted octanol–water partition coefficient (Wildman–Crippen LogP) is 1.88.